The van der Waals surface area contributed by atoms with Gasteiger partial charge in [0.2, 0.25) is 0 Å². The zero-order valence-corrected chi connectivity index (χ0v) is 9.81. The molecule has 1 nitrogen and oxygen atoms in total. The van der Waals surface area contributed by atoms with Crippen LogP contribution in [-0.4, -0.2) is 24.5 Å². The number of hydrogen-bond acceptors (Lipinski definition) is 1. The predicted molar refractivity (Wildman–Crippen MR) is 56.4 cm³/mol. The molecule has 0 unspecified atom stereocenters. The molecule has 0 spiro atoms. The minimum Gasteiger partial charge on any atom is -0.304 e. The van der Waals surface area contributed by atoms with Crippen LogP contribution in [0.3, 0.4) is 0 Å². The van der Waals surface area contributed by atoms with Crippen molar-refractivity contribution in [1.29, 1.82) is 0 Å². The van der Waals surface area contributed by atoms with Gasteiger partial charge in [-0.1, -0.05) is 27.7 Å². The third-order valence-corrected chi connectivity index (χ3v) is 3.09. The van der Waals surface area contributed by atoms with Crippen molar-refractivity contribution in [3.05, 3.63) is 0 Å². The standard InChI is InChI=1S/C11H25N/c1-9(2)8-11(5,10(3)4)12(6)7/h9-10H,8H2,1-7H3/t11-/m0/s1. The van der Waals surface area contributed by atoms with Gasteiger partial charge in [0, 0.05) is 5.54 Å². The minimum atomic E-state index is 0.355. The largest absolute Gasteiger partial charge is 0.304 e. The molecule has 0 fully saturated rings. The Bertz CT molecular complexity index is 117. The van der Waals surface area contributed by atoms with Crippen LogP contribution in [0.15, 0.2) is 0 Å². The van der Waals surface area contributed by atoms with Crippen molar-refractivity contribution in [2.24, 2.45) is 11.8 Å². The molecule has 0 radical (unpaired) electrons. The Balaban J connectivity index is 4.40. The number of rotatable bonds is 4. The van der Waals surface area contributed by atoms with Crippen molar-refractivity contribution >= 4 is 0 Å². The van der Waals surface area contributed by atoms with Crippen LogP contribution in [0.25, 0.3) is 0 Å². The first-order valence-corrected chi connectivity index (χ1v) is 4.98. The van der Waals surface area contributed by atoms with E-state index in [1.807, 2.05) is 0 Å². The lowest BCUT2D eigenvalue weighted by Gasteiger charge is -2.41. The molecule has 0 saturated heterocycles. The van der Waals surface area contributed by atoms with Gasteiger partial charge in [-0.15, -0.1) is 0 Å². The summed E-state index contributed by atoms with van der Waals surface area (Å²) in [5.74, 6) is 1.50. The van der Waals surface area contributed by atoms with Gasteiger partial charge in [-0.2, -0.15) is 0 Å². The second kappa shape index (κ2) is 4.27. The SMILES string of the molecule is CC(C)C[C@@](C)(C(C)C)N(C)C. The Kier molecular flexibility index (Phi) is 4.25. The Labute approximate surface area is 78.1 Å². The van der Waals surface area contributed by atoms with E-state index in [0.29, 0.717) is 5.54 Å². The fourth-order valence-electron chi connectivity index (χ4n) is 1.76. The van der Waals surface area contributed by atoms with Gasteiger partial charge in [-0.3, -0.25) is 0 Å². The second-order valence-electron chi connectivity index (χ2n) is 5.00. The molecule has 0 aliphatic rings. The minimum absolute atomic E-state index is 0.355. The second-order valence-corrected chi connectivity index (χ2v) is 5.00. The molecule has 0 aromatic heterocycles. The topological polar surface area (TPSA) is 3.24 Å². The van der Waals surface area contributed by atoms with Crippen molar-refractivity contribution in [2.45, 2.75) is 46.6 Å². The molecule has 0 aliphatic carbocycles. The normalized spacial score (nSPS) is 17.5. The fraction of sp³-hybridized carbons (Fsp3) is 1.00. The Morgan fingerprint density at radius 2 is 1.50 bits per heavy atom. The molecule has 0 saturated carbocycles. The predicted octanol–water partition coefficient (Wildman–Crippen LogP) is 3.01. The van der Waals surface area contributed by atoms with E-state index in [1.165, 1.54) is 6.42 Å². The van der Waals surface area contributed by atoms with E-state index < -0.39 is 0 Å². The van der Waals surface area contributed by atoms with Crippen molar-refractivity contribution in [1.82, 2.24) is 4.90 Å². The molecule has 1 heteroatoms. The van der Waals surface area contributed by atoms with E-state index in [1.54, 1.807) is 0 Å². The van der Waals surface area contributed by atoms with Crippen molar-refractivity contribution in [2.75, 3.05) is 14.1 Å². The van der Waals surface area contributed by atoms with Gasteiger partial charge < -0.3 is 4.90 Å². The summed E-state index contributed by atoms with van der Waals surface area (Å²) in [4.78, 5) is 2.36. The molecule has 0 aromatic carbocycles. The van der Waals surface area contributed by atoms with Gasteiger partial charge >= 0.3 is 0 Å². The number of hydrogen-bond donors (Lipinski definition) is 0. The molecule has 74 valence electrons. The highest BCUT2D eigenvalue weighted by Crippen LogP contribution is 2.29. The first-order valence-electron chi connectivity index (χ1n) is 4.98. The Hall–Kier alpha value is -0.0400. The summed E-state index contributed by atoms with van der Waals surface area (Å²) < 4.78 is 0. The molecule has 0 N–H and O–H groups in total. The fourth-order valence-corrected chi connectivity index (χ4v) is 1.76. The zero-order valence-electron chi connectivity index (χ0n) is 9.81. The molecule has 0 bridgehead atoms. The van der Waals surface area contributed by atoms with E-state index in [0.717, 1.165) is 11.8 Å². The van der Waals surface area contributed by atoms with Crippen molar-refractivity contribution in [3.8, 4) is 0 Å². The van der Waals surface area contributed by atoms with E-state index in [2.05, 4.69) is 53.6 Å². The molecular weight excluding hydrogens is 146 g/mol. The molecule has 0 aromatic rings. The molecule has 0 amide bonds. The van der Waals surface area contributed by atoms with Gasteiger partial charge in [0.1, 0.15) is 0 Å². The summed E-state index contributed by atoms with van der Waals surface area (Å²) in [6.45, 7) is 11.6. The van der Waals surface area contributed by atoms with Gasteiger partial charge in [-0.25, -0.2) is 0 Å². The summed E-state index contributed by atoms with van der Waals surface area (Å²) >= 11 is 0. The van der Waals surface area contributed by atoms with Gasteiger partial charge in [0.15, 0.2) is 0 Å². The average Bonchev–Trinajstić information content (AvgIpc) is 1.84. The summed E-state index contributed by atoms with van der Waals surface area (Å²) in [5.41, 5.74) is 0.355. The quantitative estimate of drug-likeness (QED) is 0.628. The van der Waals surface area contributed by atoms with Crippen LogP contribution < -0.4 is 0 Å². The lowest BCUT2D eigenvalue weighted by Crippen LogP contribution is -2.46. The average molecular weight is 171 g/mol. The zero-order chi connectivity index (χ0) is 9.94. The van der Waals surface area contributed by atoms with Crippen LogP contribution >= 0.6 is 0 Å². The van der Waals surface area contributed by atoms with Crippen LogP contribution in [0.5, 0.6) is 0 Å². The molecule has 0 rings (SSSR count). The first kappa shape index (κ1) is 12.0. The maximum absolute atomic E-state index is 2.36. The van der Waals surface area contributed by atoms with Crippen molar-refractivity contribution in [3.63, 3.8) is 0 Å². The molecule has 1 atom stereocenters. The Morgan fingerprint density at radius 1 is 1.08 bits per heavy atom. The smallest absolute Gasteiger partial charge is 0.0200 e. The maximum Gasteiger partial charge on any atom is 0.0200 e. The highest BCUT2D eigenvalue weighted by atomic mass is 15.1. The lowest BCUT2D eigenvalue weighted by atomic mass is 9.80. The maximum atomic E-state index is 2.36. The van der Waals surface area contributed by atoms with Crippen LogP contribution in [-0.2, 0) is 0 Å². The van der Waals surface area contributed by atoms with Crippen molar-refractivity contribution < 1.29 is 0 Å². The summed E-state index contributed by atoms with van der Waals surface area (Å²) in [7, 11) is 4.37. The molecular formula is C11H25N. The van der Waals surface area contributed by atoms with E-state index >= 15 is 0 Å². The first-order chi connectivity index (χ1) is 5.30. The van der Waals surface area contributed by atoms with E-state index in [4.69, 9.17) is 0 Å². The third kappa shape index (κ3) is 2.78. The Morgan fingerprint density at radius 3 is 1.58 bits per heavy atom. The number of nitrogens with zero attached hydrogens (tertiary/aromatic N) is 1. The molecule has 12 heavy (non-hydrogen) atoms. The lowest BCUT2D eigenvalue weighted by molar-refractivity contribution is 0.0895. The van der Waals surface area contributed by atoms with Gasteiger partial charge in [0.25, 0.3) is 0 Å². The molecule has 0 aliphatic heterocycles. The van der Waals surface area contributed by atoms with Gasteiger partial charge in [-0.05, 0) is 39.3 Å². The highest BCUT2D eigenvalue weighted by Gasteiger charge is 2.30. The summed E-state index contributed by atoms with van der Waals surface area (Å²) in [5, 5.41) is 0. The van der Waals surface area contributed by atoms with Crippen LogP contribution in [0.2, 0.25) is 0 Å². The van der Waals surface area contributed by atoms with Crippen LogP contribution in [0, 0.1) is 11.8 Å². The molecule has 0 heterocycles. The third-order valence-electron chi connectivity index (χ3n) is 3.09. The van der Waals surface area contributed by atoms with Gasteiger partial charge in [0.05, 0.1) is 0 Å². The van der Waals surface area contributed by atoms with E-state index in [9.17, 15) is 0 Å². The van der Waals surface area contributed by atoms with Crippen LogP contribution in [0.1, 0.15) is 41.0 Å². The summed E-state index contributed by atoms with van der Waals surface area (Å²) in [6, 6.07) is 0. The van der Waals surface area contributed by atoms with E-state index in [-0.39, 0.29) is 0 Å². The highest BCUT2D eigenvalue weighted by molar-refractivity contribution is 4.86. The monoisotopic (exact) mass is 171 g/mol. The summed E-state index contributed by atoms with van der Waals surface area (Å²) in [6.07, 6.45) is 1.28. The van der Waals surface area contributed by atoms with Crippen LogP contribution in [0.4, 0.5) is 0 Å².